The average molecular weight is 273 g/mol. The predicted molar refractivity (Wildman–Crippen MR) is 84.4 cm³/mol. The van der Waals surface area contributed by atoms with Gasteiger partial charge < -0.3 is 10.1 Å². The molecule has 0 heterocycles. The van der Waals surface area contributed by atoms with E-state index >= 15 is 0 Å². The number of nitrogens with one attached hydrogen (secondary N) is 1. The Kier molecular flexibility index (Phi) is 5.63. The zero-order valence-electron chi connectivity index (χ0n) is 11.1. The van der Waals surface area contributed by atoms with Gasteiger partial charge in [-0.1, -0.05) is 30.3 Å². The highest BCUT2D eigenvalue weighted by Gasteiger charge is 2.03. The first-order valence-corrected chi connectivity index (χ1v) is 7.84. The summed E-state index contributed by atoms with van der Waals surface area (Å²) in [6.45, 7) is 0.968. The molecule has 0 bridgehead atoms. The molecule has 0 aliphatic rings. The molecule has 0 aromatic heterocycles. The topological polar surface area (TPSA) is 21.3 Å². The number of thioether (sulfide) groups is 1. The molecule has 2 nitrogen and oxygen atoms in total. The van der Waals surface area contributed by atoms with E-state index in [0.29, 0.717) is 0 Å². The second-order valence-corrected chi connectivity index (χ2v) is 5.17. The molecule has 100 valence electrons. The summed E-state index contributed by atoms with van der Waals surface area (Å²) >= 11 is 1.87. The van der Waals surface area contributed by atoms with E-state index in [9.17, 15) is 0 Å². The molecule has 0 aliphatic carbocycles. The minimum atomic E-state index is 0.862. The zero-order chi connectivity index (χ0) is 13.3. The number of anilines is 1. The molecular weight excluding hydrogens is 254 g/mol. The van der Waals surface area contributed by atoms with Crippen LogP contribution < -0.4 is 10.1 Å². The highest BCUT2D eigenvalue weighted by atomic mass is 32.2. The predicted octanol–water partition coefficient (Wildman–Crippen LogP) is 4.64. The van der Waals surface area contributed by atoms with Gasteiger partial charge in [0.05, 0.1) is 5.69 Å². The van der Waals surface area contributed by atoms with Crippen molar-refractivity contribution in [2.75, 3.05) is 23.9 Å². The van der Waals surface area contributed by atoms with Gasteiger partial charge in [0.15, 0.2) is 5.75 Å². The van der Waals surface area contributed by atoms with Crippen LogP contribution in [0.3, 0.4) is 0 Å². The monoisotopic (exact) mass is 273 g/mol. The fraction of sp³-hybridized carbons (Fsp3) is 0.250. The molecule has 2 aromatic carbocycles. The van der Waals surface area contributed by atoms with Crippen molar-refractivity contribution >= 4 is 17.4 Å². The smallest absolute Gasteiger partial charge is 0.150 e. The lowest BCUT2D eigenvalue weighted by atomic mass is 10.2. The van der Waals surface area contributed by atoms with E-state index < -0.39 is 0 Å². The Morgan fingerprint density at radius 2 is 1.74 bits per heavy atom. The van der Waals surface area contributed by atoms with Crippen LogP contribution in [-0.2, 0) is 0 Å². The van der Waals surface area contributed by atoms with Gasteiger partial charge in [-0.3, -0.25) is 0 Å². The number of para-hydroxylation sites is 3. The van der Waals surface area contributed by atoms with Crippen molar-refractivity contribution < 1.29 is 4.74 Å². The molecule has 0 spiro atoms. The summed E-state index contributed by atoms with van der Waals surface area (Å²) in [4.78, 5) is 0. The summed E-state index contributed by atoms with van der Waals surface area (Å²) in [7, 11) is 0. The Bertz CT molecular complexity index is 487. The van der Waals surface area contributed by atoms with Crippen molar-refractivity contribution in [3.05, 3.63) is 54.6 Å². The second-order valence-electron chi connectivity index (χ2n) is 4.18. The average Bonchev–Trinajstić information content (AvgIpc) is 2.46. The highest BCUT2D eigenvalue weighted by Crippen LogP contribution is 2.28. The van der Waals surface area contributed by atoms with Crippen molar-refractivity contribution in [1.82, 2.24) is 0 Å². The lowest BCUT2D eigenvalue weighted by Crippen LogP contribution is -2.03. The van der Waals surface area contributed by atoms with Gasteiger partial charge in [-0.2, -0.15) is 11.8 Å². The third-order valence-electron chi connectivity index (χ3n) is 2.70. The Hall–Kier alpha value is -1.61. The summed E-state index contributed by atoms with van der Waals surface area (Å²) in [5.74, 6) is 2.91. The summed E-state index contributed by atoms with van der Waals surface area (Å²) < 4.78 is 5.90. The van der Waals surface area contributed by atoms with Crippen molar-refractivity contribution in [3.63, 3.8) is 0 Å². The minimum absolute atomic E-state index is 0.862. The molecule has 0 aliphatic heterocycles. The Morgan fingerprint density at radius 3 is 2.53 bits per heavy atom. The maximum absolute atomic E-state index is 5.90. The van der Waals surface area contributed by atoms with Crippen molar-refractivity contribution in [2.24, 2.45) is 0 Å². The van der Waals surface area contributed by atoms with Gasteiger partial charge in [0.1, 0.15) is 5.75 Å². The quantitative estimate of drug-likeness (QED) is 0.742. The van der Waals surface area contributed by atoms with Crippen LogP contribution in [0, 0.1) is 0 Å². The Balaban J connectivity index is 2.00. The van der Waals surface area contributed by atoms with E-state index in [1.807, 2.05) is 60.3 Å². The van der Waals surface area contributed by atoms with Gasteiger partial charge >= 0.3 is 0 Å². The second kappa shape index (κ2) is 7.74. The third-order valence-corrected chi connectivity index (χ3v) is 3.40. The first-order chi connectivity index (χ1) is 9.40. The van der Waals surface area contributed by atoms with E-state index in [0.717, 1.165) is 30.2 Å². The van der Waals surface area contributed by atoms with Crippen LogP contribution in [0.2, 0.25) is 0 Å². The SMILES string of the molecule is CSCCCNc1ccccc1Oc1ccccc1. The third kappa shape index (κ3) is 4.52. The molecule has 0 saturated carbocycles. The molecular formula is C16H19NOS. The largest absolute Gasteiger partial charge is 0.455 e. The number of benzene rings is 2. The van der Waals surface area contributed by atoms with Gasteiger partial charge in [0.25, 0.3) is 0 Å². The Morgan fingerprint density at radius 1 is 1.00 bits per heavy atom. The van der Waals surface area contributed by atoms with Crippen LogP contribution in [0.25, 0.3) is 0 Å². The van der Waals surface area contributed by atoms with Gasteiger partial charge in [-0.05, 0) is 42.7 Å². The molecule has 0 unspecified atom stereocenters. The number of ether oxygens (including phenoxy) is 1. The van der Waals surface area contributed by atoms with Crippen LogP contribution in [0.1, 0.15) is 6.42 Å². The van der Waals surface area contributed by atoms with E-state index in [-0.39, 0.29) is 0 Å². The maximum Gasteiger partial charge on any atom is 0.150 e. The fourth-order valence-electron chi connectivity index (χ4n) is 1.76. The molecule has 0 saturated heterocycles. The summed E-state index contributed by atoms with van der Waals surface area (Å²) in [5.41, 5.74) is 1.05. The number of hydrogen-bond acceptors (Lipinski definition) is 3. The van der Waals surface area contributed by atoms with E-state index in [1.165, 1.54) is 5.75 Å². The lowest BCUT2D eigenvalue weighted by molar-refractivity contribution is 0.484. The van der Waals surface area contributed by atoms with Gasteiger partial charge in [-0.15, -0.1) is 0 Å². The molecule has 3 heteroatoms. The number of rotatable bonds is 7. The standard InChI is InChI=1S/C16H19NOS/c1-19-13-7-12-17-15-10-5-6-11-16(15)18-14-8-3-2-4-9-14/h2-6,8-11,17H,7,12-13H2,1H3. The van der Waals surface area contributed by atoms with E-state index in [1.54, 1.807) is 0 Å². The first-order valence-electron chi connectivity index (χ1n) is 6.45. The van der Waals surface area contributed by atoms with Crippen LogP contribution in [0.4, 0.5) is 5.69 Å². The Labute approximate surface area is 119 Å². The van der Waals surface area contributed by atoms with E-state index in [2.05, 4.69) is 17.6 Å². The molecule has 1 N–H and O–H groups in total. The van der Waals surface area contributed by atoms with Crippen LogP contribution in [0.15, 0.2) is 54.6 Å². The van der Waals surface area contributed by atoms with Gasteiger partial charge in [0.2, 0.25) is 0 Å². The van der Waals surface area contributed by atoms with Crippen molar-refractivity contribution in [1.29, 1.82) is 0 Å². The minimum Gasteiger partial charge on any atom is -0.455 e. The summed E-state index contributed by atoms with van der Waals surface area (Å²) in [6, 6.07) is 17.9. The highest BCUT2D eigenvalue weighted by molar-refractivity contribution is 7.98. The molecule has 0 radical (unpaired) electrons. The summed E-state index contributed by atoms with van der Waals surface area (Å²) in [5, 5.41) is 3.43. The van der Waals surface area contributed by atoms with Gasteiger partial charge in [0, 0.05) is 6.54 Å². The maximum atomic E-state index is 5.90. The molecule has 0 atom stereocenters. The molecule has 2 rings (SSSR count). The molecule has 0 fully saturated rings. The van der Waals surface area contributed by atoms with Crippen molar-refractivity contribution in [3.8, 4) is 11.5 Å². The lowest BCUT2D eigenvalue weighted by Gasteiger charge is -2.12. The summed E-state index contributed by atoms with van der Waals surface area (Å²) in [6.07, 6.45) is 3.29. The zero-order valence-corrected chi connectivity index (χ0v) is 12.0. The van der Waals surface area contributed by atoms with Crippen LogP contribution >= 0.6 is 11.8 Å². The number of hydrogen-bond donors (Lipinski definition) is 1. The normalized spacial score (nSPS) is 10.2. The van der Waals surface area contributed by atoms with Crippen molar-refractivity contribution in [2.45, 2.75) is 6.42 Å². The molecule has 19 heavy (non-hydrogen) atoms. The molecule has 2 aromatic rings. The molecule has 0 amide bonds. The van der Waals surface area contributed by atoms with Crippen LogP contribution in [0.5, 0.6) is 11.5 Å². The fourth-order valence-corrected chi connectivity index (χ4v) is 2.19. The van der Waals surface area contributed by atoms with Gasteiger partial charge in [-0.25, -0.2) is 0 Å². The first kappa shape index (κ1) is 13.8. The van der Waals surface area contributed by atoms with E-state index in [4.69, 9.17) is 4.74 Å². The van der Waals surface area contributed by atoms with Crippen LogP contribution in [-0.4, -0.2) is 18.6 Å².